The summed E-state index contributed by atoms with van der Waals surface area (Å²) in [4.78, 5) is 0. The fraction of sp³-hybridized carbons (Fsp3) is 0.462. The van der Waals surface area contributed by atoms with E-state index in [1.807, 2.05) is 24.3 Å². The van der Waals surface area contributed by atoms with E-state index in [1.54, 1.807) is 4.68 Å². The summed E-state index contributed by atoms with van der Waals surface area (Å²) in [5.74, 6) is 0. The lowest BCUT2D eigenvalue weighted by atomic mass is 10.2. The number of para-hydroxylation sites is 2. The summed E-state index contributed by atoms with van der Waals surface area (Å²) in [5.41, 5.74) is 1.65. The quantitative estimate of drug-likeness (QED) is 0.907. The van der Waals surface area contributed by atoms with E-state index in [4.69, 9.17) is 0 Å². The summed E-state index contributed by atoms with van der Waals surface area (Å²) >= 11 is 0. The maximum absolute atomic E-state index is 11.9. The van der Waals surface area contributed by atoms with Gasteiger partial charge in [-0.2, -0.15) is 4.68 Å². The van der Waals surface area contributed by atoms with Crippen molar-refractivity contribution in [3.8, 4) is 5.69 Å². The number of nitrogens with zero attached hydrogens (tertiary/aromatic N) is 4. The molecule has 21 heavy (non-hydrogen) atoms. The number of aromatic nitrogens is 4. The van der Waals surface area contributed by atoms with Crippen LogP contribution in [0, 0.1) is 0 Å². The summed E-state index contributed by atoms with van der Waals surface area (Å²) in [5, 5.41) is 14.2. The van der Waals surface area contributed by atoms with E-state index in [9.17, 15) is 8.42 Å². The lowest BCUT2D eigenvalue weighted by Crippen LogP contribution is -2.34. The maximum Gasteiger partial charge on any atom is 0.152 e. The van der Waals surface area contributed by atoms with Crippen LogP contribution in [-0.4, -0.2) is 46.2 Å². The lowest BCUT2D eigenvalue weighted by Gasteiger charge is -2.22. The minimum atomic E-state index is -3.05. The van der Waals surface area contributed by atoms with Crippen molar-refractivity contribution in [2.75, 3.05) is 11.6 Å². The van der Waals surface area contributed by atoms with Crippen LogP contribution in [0.5, 0.6) is 0 Å². The Morgan fingerprint density at radius 2 is 2.10 bits per heavy atom. The number of anilines is 1. The molecular weight excluding hydrogens is 290 g/mol. The summed E-state index contributed by atoms with van der Waals surface area (Å²) in [6.45, 7) is 0. The molecule has 1 fully saturated rings. The van der Waals surface area contributed by atoms with Crippen molar-refractivity contribution in [1.29, 1.82) is 0 Å². The Labute approximate surface area is 123 Å². The Balaban J connectivity index is 1.89. The van der Waals surface area contributed by atoms with E-state index in [0.29, 0.717) is 6.42 Å². The van der Waals surface area contributed by atoms with Crippen molar-refractivity contribution in [3.05, 3.63) is 30.6 Å². The molecule has 1 aromatic heterocycles. The van der Waals surface area contributed by atoms with Gasteiger partial charge < -0.3 is 5.32 Å². The molecular formula is C13H17N5O2S. The first kappa shape index (κ1) is 14.0. The van der Waals surface area contributed by atoms with Gasteiger partial charge in [0.05, 0.1) is 16.6 Å². The molecule has 0 amide bonds. The molecule has 1 aliphatic rings. The van der Waals surface area contributed by atoms with Gasteiger partial charge in [0, 0.05) is 12.3 Å². The lowest BCUT2D eigenvalue weighted by molar-refractivity contribution is 0.579. The van der Waals surface area contributed by atoms with Gasteiger partial charge in [0.25, 0.3) is 0 Å². The Morgan fingerprint density at radius 3 is 2.81 bits per heavy atom. The zero-order valence-electron chi connectivity index (χ0n) is 11.7. The fourth-order valence-electron chi connectivity index (χ4n) is 2.87. The SMILES string of the molecule is CS(=O)(=O)C1CCCC1Nc1ccccc1-n1cnnn1. The highest BCUT2D eigenvalue weighted by atomic mass is 32.2. The molecule has 0 radical (unpaired) electrons. The van der Waals surface area contributed by atoms with Crippen molar-refractivity contribution >= 4 is 15.5 Å². The smallest absolute Gasteiger partial charge is 0.152 e. The molecule has 3 rings (SSSR count). The minimum absolute atomic E-state index is 0.0716. The molecule has 1 aromatic carbocycles. The molecule has 2 aromatic rings. The van der Waals surface area contributed by atoms with Crippen molar-refractivity contribution in [3.63, 3.8) is 0 Å². The topological polar surface area (TPSA) is 89.8 Å². The summed E-state index contributed by atoms with van der Waals surface area (Å²) in [6.07, 6.45) is 5.31. The minimum Gasteiger partial charge on any atom is -0.379 e. The summed E-state index contributed by atoms with van der Waals surface area (Å²) in [7, 11) is -3.05. The van der Waals surface area contributed by atoms with Crippen LogP contribution >= 0.6 is 0 Å². The van der Waals surface area contributed by atoms with Crippen molar-refractivity contribution in [2.24, 2.45) is 0 Å². The van der Waals surface area contributed by atoms with Gasteiger partial charge >= 0.3 is 0 Å². The molecule has 1 heterocycles. The Hall–Kier alpha value is -1.96. The standard InChI is InChI=1S/C13H17N5O2S/c1-21(19,20)13-8-4-6-11(13)15-10-5-2-3-7-12(10)18-9-14-16-17-18/h2-3,5,7,9,11,13,15H,4,6,8H2,1H3. The average molecular weight is 307 g/mol. The third-order valence-corrected chi connectivity index (χ3v) is 5.51. The number of hydrogen-bond acceptors (Lipinski definition) is 6. The molecule has 112 valence electrons. The molecule has 0 bridgehead atoms. The van der Waals surface area contributed by atoms with Crippen LogP contribution in [0.2, 0.25) is 0 Å². The van der Waals surface area contributed by atoms with E-state index >= 15 is 0 Å². The van der Waals surface area contributed by atoms with Crippen molar-refractivity contribution in [1.82, 2.24) is 20.2 Å². The number of benzene rings is 1. The van der Waals surface area contributed by atoms with E-state index in [1.165, 1.54) is 12.6 Å². The van der Waals surface area contributed by atoms with Gasteiger partial charge in [-0.25, -0.2) is 8.42 Å². The van der Waals surface area contributed by atoms with Crippen LogP contribution in [0.1, 0.15) is 19.3 Å². The van der Waals surface area contributed by atoms with Crippen LogP contribution < -0.4 is 5.32 Å². The first-order valence-corrected chi connectivity index (χ1v) is 8.79. The Kier molecular flexibility index (Phi) is 3.62. The third kappa shape index (κ3) is 2.90. The zero-order valence-corrected chi connectivity index (χ0v) is 12.5. The number of rotatable bonds is 4. The molecule has 2 unspecified atom stereocenters. The first-order valence-electron chi connectivity index (χ1n) is 6.83. The Morgan fingerprint density at radius 1 is 1.29 bits per heavy atom. The monoisotopic (exact) mass is 307 g/mol. The predicted molar refractivity (Wildman–Crippen MR) is 79.0 cm³/mol. The number of hydrogen-bond donors (Lipinski definition) is 1. The zero-order chi connectivity index (χ0) is 14.9. The first-order chi connectivity index (χ1) is 10.1. The highest BCUT2D eigenvalue weighted by Crippen LogP contribution is 2.29. The van der Waals surface area contributed by atoms with Gasteiger partial charge in [0.15, 0.2) is 9.84 Å². The molecule has 2 atom stereocenters. The van der Waals surface area contributed by atoms with Gasteiger partial charge in [0.1, 0.15) is 6.33 Å². The van der Waals surface area contributed by atoms with Crippen molar-refractivity contribution < 1.29 is 8.42 Å². The summed E-state index contributed by atoms with van der Waals surface area (Å²) < 4.78 is 25.3. The largest absolute Gasteiger partial charge is 0.379 e. The Bertz CT molecular complexity index is 714. The van der Waals surface area contributed by atoms with Crippen LogP contribution in [-0.2, 0) is 9.84 Å². The molecule has 1 aliphatic carbocycles. The highest BCUT2D eigenvalue weighted by molar-refractivity contribution is 7.91. The van der Waals surface area contributed by atoms with E-state index < -0.39 is 9.84 Å². The average Bonchev–Trinajstić information content (AvgIpc) is 3.09. The third-order valence-electron chi connectivity index (χ3n) is 3.84. The van der Waals surface area contributed by atoms with Crippen molar-refractivity contribution in [2.45, 2.75) is 30.6 Å². The molecule has 7 nitrogen and oxygen atoms in total. The second kappa shape index (κ2) is 5.44. The number of sulfone groups is 1. The van der Waals surface area contributed by atoms with E-state index in [-0.39, 0.29) is 11.3 Å². The molecule has 1 N–H and O–H groups in total. The van der Waals surface area contributed by atoms with Crippen LogP contribution in [0.15, 0.2) is 30.6 Å². The maximum atomic E-state index is 11.9. The van der Waals surface area contributed by atoms with Crippen LogP contribution in [0.25, 0.3) is 5.69 Å². The van der Waals surface area contributed by atoms with E-state index in [2.05, 4.69) is 20.8 Å². The number of nitrogens with one attached hydrogen (secondary N) is 1. The molecule has 0 saturated heterocycles. The molecule has 0 aliphatic heterocycles. The van der Waals surface area contributed by atoms with Crippen LogP contribution in [0.3, 0.4) is 0 Å². The molecule has 8 heteroatoms. The second-order valence-electron chi connectivity index (χ2n) is 5.32. The van der Waals surface area contributed by atoms with Gasteiger partial charge in [-0.15, -0.1) is 5.10 Å². The van der Waals surface area contributed by atoms with Gasteiger partial charge in [-0.3, -0.25) is 0 Å². The van der Waals surface area contributed by atoms with E-state index in [0.717, 1.165) is 24.2 Å². The normalized spacial score (nSPS) is 22.3. The number of tetrazole rings is 1. The molecule has 0 spiro atoms. The fourth-order valence-corrected chi connectivity index (χ4v) is 4.27. The predicted octanol–water partition coefficient (Wildman–Crippen LogP) is 1.04. The van der Waals surface area contributed by atoms with Gasteiger partial charge in [-0.05, 0) is 41.8 Å². The highest BCUT2D eigenvalue weighted by Gasteiger charge is 2.35. The van der Waals surface area contributed by atoms with Crippen LogP contribution in [0.4, 0.5) is 5.69 Å². The molecule has 1 saturated carbocycles. The van der Waals surface area contributed by atoms with Gasteiger partial charge in [-0.1, -0.05) is 12.1 Å². The van der Waals surface area contributed by atoms with Gasteiger partial charge in [0.2, 0.25) is 0 Å². The summed E-state index contributed by atoms with van der Waals surface area (Å²) in [6, 6.07) is 7.53. The second-order valence-corrected chi connectivity index (χ2v) is 7.59.